The van der Waals surface area contributed by atoms with Crippen LogP contribution in [0.5, 0.6) is 5.75 Å². The lowest BCUT2D eigenvalue weighted by Gasteiger charge is -2.07. The monoisotopic (exact) mass is 257 g/mol. The molecule has 0 aliphatic rings. The van der Waals surface area contributed by atoms with Gasteiger partial charge in [-0.25, -0.2) is 0 Å². The Balaban J connectivity index is 1.94. The maximum atomic E-state index is 10.6. The summed E-state index contributed by atoms with van der Waals surface area (Å²) in [4.78, 5) is 14.7. The minimum absolute atomic E-state index is 0.0298. The number of benzene rings is 1. The highest BCUT2D eigenvalue weighted by Gasteiger charge is 2.01. The third-order valence-electron chi connectivity index (χ3n) is 2.62. The molecule has 1 N–H and O–H groups in total. The van der Waals surface area contributed by atoms with Crippen molar-refractivity contribution < 1.29 is 14.6 Å². The fourth-order valence-electron chi connectivity index (χ4n) is 1.74. The second-order valence-corrected chi connectivity index (χ2v) is 4.37. The van der Waals surface area contributed by atoms with E-state index in [0.717, 1.165) is 22.4 Å². The molecule has 4 heteroatoms. The molecule has 19 heavy (non-hydrogen) atoms. The maximum absolute atomic E-state index is 10.6. The van der Waals surface area contributed by atoms with Crippen molar-refractivity contribution in [1.82, 2.24) is 4.98 Å². The molecule has 0 amide bonds. The van der Waals surface area contributed by atoms with Crippen LogP contribution >= 0.6 is 0 Å². The van der Waals surface area contributed by atoms with Gasteiger partial charge in [0.05, 0.1) is 6.42 Å². The van der Waals surface area contributed by atoms with Gasteiger partial charge in [-0.15, -0.1) is 0 Å². The first-order valence-corrected chi connectivity index (χ1v) is 5.97. The van der Waals surface area contributed by atoms with E-state index in [4.69, 9.17) is 9.84 Å². The zero-order chi connectivity index (χ0) is 13.7. The minimum Gasteiger partial charge on any atom is -0.489 e. The van der Waals surface area contributed by atoms with E-state index in [1.807, 2.05) is 13.0 Å². The van der Waals surface area contributed by atoms with Gasteiger partial charge in [0.2, 0.25) is 0 Å². The van der Waals surface area contributed by atoms with Gasteiger partial charge in [0, 0.05) is 18.0 Å². The summed E-state index contributed by atoms with van der Waals surface area (Å²) in [6.45, 7) is 2.43. The standard InChI is InChI=1S/C15H15NO3/c1-11-6-13(9-16-8-11)10-19-14-4-2-12(3-5-14)7-15(17)18/h2-6,8-9H,7,10H2,1H3,(H,17,18). The number of aryl methyl sites for hydroxylation is 1. The Hall–Kier alpha value is -2.36. The number of pyridine rings is 1. The Morgan fingerprint density at radius 1 is 1.21 bits per heavy atom. The third-order valence-corrected chi connectivity index (χ3v) is 2.62. The molecule has 1 heterocycles. The Morgan fingerprint density at radius 3 is 2.58 bits per heavy atom. The van der Waals surface area contributed by atoms with Gasteiger partial charge in [-0.1, -0.05) is 12.1 Å². The molecule has 0 fully saturated rings. The van der Waals surface area contributed by atoms with Gasteiger partial charge >= 0.3 is 5.97 Å². The molecule has 0 aliphatic heterocycles. The lowest BCUT2D eigenvalue weighted by molar-refractivity contribution is -0.136. The quantitative estimate of drug-likeness (QED) is 0.894. The third kappa shape index (κ3) is 4.10. The van der Waals surface area contributed by atoms with Crippen molar-refractivity contribution in [2.75, 3.05) is 0 Å². The fourth-order valence-corrected chi connectivity index (χ4v) is 1.74. The van der Waals surface area contributed by atoms with E-state index in [0.29, 0.717) is 6.61 Å². The van der Waals surface area contributed by atoms with Gasteiger partial charge in [0.1, 0.15) is 12.4 Å². The summed E-state index contributed by atoms with van der Waals surface area (Å²) in [6, 6.07) is 9.10. The van der Waals surface area contributed by atoms with Crippen LogP contribution in [-0.2, 0) is 17.8 Å². The van der Waals surface area contributed by atoms with Crippen molar-refractivity contribution in [3.05, 3.63) is 59.4 Å². The maximum Gasteiger partial charge on any atom is 0.307 e. The van der Waals surface area contributed by atoms with Gasteiger partial charge in [-0.05, 0) is 36.2 Å². The van der Waals surface area contributed by atoms with Crippen LogP contribution in [0.15, 0.2) is 42.7 Å². The number of ether oxygens (including phenoxy) is 1. The largest absolute Gasteiger partial charge is 0.489 e. The van der Waals surface area contributed by atoms with E-state index < -0.39 is 5.97 Å². The predicted octanol–water partition coefficient (Wildman–Crippen LogP) is 2.60. The zero-order valence-electron chi connectivity index (χ0n) is 10.7. The van der Waals surface area contributed by atoms with Crippen LogP contribution in [0.2, 0.25) is 0 Å². The number of aliphatic carboxylic acids is 1. The predicted molar refractivity (Wildman–Crippen MR) is 71.1 cm³/mol. The van der Waals surface area contributed by atoms with Gasteiger partial charge in [0.15, 0.2) is 0 Å². The van der Waals surface area contributed by atoms with E-state index in [9.17, 15) is 4.79 Å². The second-order valence-electron chi connectivity index (χ2n) is 4.37. The number of aromatic nitrogens is 1. The molecular formula is C15H15NO3. The first-order valence-electron chi connectivity index (χ1n) is 5.97. The number of rotatable bonds is 5. The van der Waals surface area contributed by atoms with Crippen molar-refractivity contribution >= 4 is 5.97 Å². The summed E-state index contributed by atoms with van der Waals surface area (Å²) >= 11 is 0. The summed E-state index contributed by atoms with van der Waals surface area (Å²) in [5.41, 5.74) is 2.87. The smallest absolute Gasteiger partial charge is 0.307 e. The Kier molecular flexibility index (Phi) is 4.13. The lowest BCUT2D eigenvalue weighted by Crippen LogP contribution is -2.00. The fraction of sp³-hybridized carbons (Fsp3) is 0.200. The highest BCUT2D eigenvalue weighted by molar-refractivity contribution is 5.70. The number of hydrogen-bond acceptors (Lipinski definition) is 3. The van der Waals surface area contributed by atoms with Crippen LogP contribution in [-0.4, -0.2) is 16.1 Å². The highest BCUT2D eigenvalue weighted by Crippen LogP contribution is 2.14. The Labute approximate surface area is 111 Å². The second kappa shape index (κ2) is 6.00. The van der Waals surface area contributed by atoms with Crippen molar-refractivity contribution in [2.45, 2.75) is 20.0 Å². The Morgan fingerprint density at radius 2 is 1.95 bits per heavy atom. The molecule has 0 unspecified atom stereocenters. The number of carboxylic acid groups (broad SMARTS) is 1. The van der Waals surface area contributed by atoms with E-state index in [1.165, 1.54) is 0 Å². The molecule has 0 radical (unpaired) electrons. The van der Waals surface area contributed by atoms with E-state index in [2.05, 4.69) is 4.98 Å². The summed E-state index contributed by atoms with van der Waals surface area (Å²) < 4.78 is 5.62. The van der Waals surface area contributed by atoms with Crippen molar-refractivity contribution in [3.63, 3.8) is 0 Å². The van der Waals surface area contributed by atoms with E-state index in [-0.39, 0.29) is 6.42 Å². The van der Waals surface area contributed by atoms with Crippen LogP contribution in [0.1, 0.15) is 16.7 Å². The highest BCUT2D eigenvalue weighted by atomic mass is 16.5. The lowest BCUT2D eigenvalue weighted by atomic mass is 10.1. The number of hydrogen-bond donors (Lipinski definition) is 1. The summed E-state index contributed by atoms with van der Waals surface area (Å²) in [5, 5.41) is 8.68. The molecule has 2 rings (SSSR count). The first kappa shape index (κ1) is 13.1. The molecule has 1 aromatic carbocycles. The molecular weight excluding hydrogens is 242 g/mol. The molecule has 0 bridgehead atoms. The van der Waals surface area contributed by atoms with E-state index >= 15 is 0 Å². The molecule has 98 valence electrons. The van der Waals surface area contributed by atoms with Crippen molar-refractivity contribution in [3.8, 4) is 5.75 Å². The van der Waals surface area contributed by atoms with Gasteiger partial charge < -0.3 is 9.84 Å². The molecule has 0 aliphatic carbocycles. The number of nitrogens with zero attached hydrogens (tertiary/aromatic N) is 1. The van der Waals surface area contributed by atoms with Crippen molar-refractivity contribution in [2.24, 2.45) is 0 Å². The summed E-state index contributed by atoms with van der Waals surface area (Å²) in [7, 11) is 0. The zero-order valence-corrected chi connectivity index (χ0v) is 10.7. The van der Waals surface area contributed by atoms with Crippen LogP contribution in [0.25, 0.3) is 0 Å². The molecule has 4 nitrogen and oxygen atoms in total. The SMILES string of the molecule is Cc1cncc(COc2ccc(CC(=O)O)cc2)c1. The van der Waals surface area contributed by atoms with Gasteiger partial charge in [-0.2, -0.15) is 0 Å². The molecule has 0 saturated heterocycles. The van der Waals surface area contributed by atoms with Gasteiger partial charge in [-0.3, -0.25) is 9.78 Å². The molecule has 0 saturated carbocycles. The normalized spacial score (nSPS) is 10.2. The van der Waals surface area contributed by atoms with Gasteiger partial charge in [0.25, 0.3) is 0 Å². The average Bonchev–Trinajstić information content (AvgIpc) is 2.37. The summed E-state index contributed by atoms with van der Waals surface area (Å²) in [5.74, 6) is -0.116. The number of carboxylic acids is 1. The summed E-state index contributed by atoms with van der Waals surface area (Å²) in [6.07, 6.45) is 3.60. The minimum atomic E-state index is -0.834. The molecule has 0 spiro atoms. The number of carbonyl (C=O) groups is 1. The van der Waals surface area contributed by atoms with E-state index in [1.54, 1.807) is 36.7 Å². The topological polar surface area (TPSA) is 59.4 Å². The average molecular weight is 257 g/mol. The van der Waals surface area contributed by atoms with Crippen molar-refractivity contribution in [1.29, 1.82) is 0 Å². The van der Waals surface area contributed by atoms with Crippen LogP contribution in [0.3, 0.4) is 0 Å². The molecule has 2 aromatic rings. The molecule has 0 atom stereocenters. The Bertz CT molecular complexity index is 564. The first-order chi connectivity index (χ1) is 9.13. The van der Waals surface area contributed by atoms with Crippen LogP contribution in [0, 0.1) is 6.92 Å². The molecule has 1 aromatic heterocycles. The van der Waals surface area contributed by atoms with Crippen LogP contribution < -0.4 is 4.74 Å². The van der Waals surface area contributed by atoms with Crippen LogP contribution in [0.4, 0.5) is 0 Å².